The van der Waals surface area contributed by atoms with Gasteiger partial charge in [0.1, 0.15) is 5.56 Å². The number of primary amides is 1. The molecule has 0 spiro atoms. The van der Waals surface area contributed by atoms with E-state index in [4.69, 9.17) is 5.73 Å². The second-order valence-corrected chi connectivity index (χ2v) is 2.55. The van der Waals surface area contributed by atoms with Crippen LogP contribution in [-0.4, -0.2) is 21.1 Å². The number of carbonyl (C=O) groups excluding carboxylic acids is 1. The van der Waals surface area contributed by atoms with Crippen LogP contribution in [0.15, 0.2) is 41.6 Å². The van der Waals surface area contributed by atoms with Crippen molar-refractivity contribution in [3.63, 3.8) is 0 Å². The van der Waals surface area contributed by atoms with Crippen molar-refractivity contribution in [3.05, 3.63) is 52.7 Å². The smallest absolute Gasteiger partial charge is 0.277 e. The summed E-state index contributed by atoms with van der Waals surface area (Å²) in [6.07, 6.45) is 5.04. The Balaban J connectivity index is 0.000000187. The van der Waals surface area contributed by atoms with Crippen LogP contribution in [0.25, 0.3) is 0 Å². The van der Waals surface area contributed by atoms with E-state index in [-0.39, 0.29) is 5.56 Å². The standard InChI is InChI=1S/C5H5N3O2.C4H5N/c6-4(9)3-1-2-7-8-5(3)10;1-2-4-5-3-1/h1-2H,(H2,6,9)(H,8,10);1-5H. The van der Waals surface area contributed by atoms with Crippen molar-refractivity contribution in [1.82, 2.24) is 15.2 Å². The van der Waals surface area contributed by atoms with Crippen molar-refractivity contribution in [2.45, 2.75) is 0 Å². The lowest BCUT2D eigenvalue weighted by Crippen LogP contribution is -2.23. The number of amides is 1. The number of H-pyrrole nitrogens is 2. The molecule has 6 heteroatoms. The molecule has 78 valence electrons. The van der Waals surface area contributed by atoms with Crippen LogP contribution in [0.5, 0.6) is 0 Å². The Hall–Kier alpha value is -2.37. The number of nitrogens with two attached hydrogens (primary N) is 1. The third-order valence-corrected chi connectivity index (χ3v) is 1.49. The summed E-state index contributed by atoms with van der Waals surface area (Å²) in [5.74, 6) is -0.747. The number of hydrogen-bond donors (Lipinski definition) is 3. The van der Waals surface area contributed by atoms with E-state index in [1.807, 2.05) is 24.5 Å². The van der Waals surface area contributed by atoms with Crippen molar-refractivity contribution >= 4 is 5.91 Å². The molecule has 0 fully saturated rings. The van der Waals surface area contributed by atoms with Gasteiger partial charge in [-0.2, -0.15) is 5.10 Å². The van der Waals surface area contributed by atoms with Crippen LogP contribution in [0.4, 0.5) is 0 Å². The molecule has 0 radical (unpaired) electrons. The first-order valence-electron chi connectivity index (χ1n) is 4.13. The van der Waals surface area contributed by atoms with Crippen molar-refractivity contribution in [2.24, 2.45) is 5.73 Å². The highest BCUT2D eigenvalue weighted by atomic mass is 16.2. The highest BCUT2D eigenvalue weighted by molar-refractivity contribution is 5.92. The summed E-state index contributed by atoms with van der Waals surface area (Å²) >= 11 is 0. The molecule has 2 rings (SSSR count). The second-order valence-electron chi connectivity index (χ2n) is 2.55. The molecule has 2 heterocycles. The third kappa shape index (κ3) is 3.47. The molecule has 1 amide bonds. The molecule has 0 saturated heterocycles. The molecule has 0 aromatic carbocycles. The first-order valence-corrected chi connectivity index (χ1v) is 4.13. The molecule has 0 aliphatic carbocycles. The highest BCUT2D eigenvalue weighted by Crippen LogP contribution is 1.82. The van der Waals surface area contributed by atoms with E-state index in [1.54, 1.807) is 0 Å². The van der Waals surface area contributed by atoms with Crippen LogP contribution < -0.4 is 11.3 Å². The van der Waals surface area contributed by atoms with Crippen LogP contribution in [0.3, 0.4) is 0 Å². The lowest BCUT2D eigenvalue weighted by molar-refractivity contribution is 0.0998. The molecule has 15 heavy (non-hydrogen) atoms. The summed E-state index contributed by atoms with van der Waals surface area (Å²) in [7, 11) is 0. The van der Waals surface area contributed by atoms with E-state index < -0.39 is 11.5 Å². The molecule has 0 aliphatic heterocycles. The number of carbonyl (C=O) groups is 1. The molecule has 6 nitrogen and oxygen atoms in total. The maximum Gasteiger partial charge on any atom is 0.277 e. The minimum atomic E-state index is -0.747. The summed E-state index contributed by atoms with van der Waals surface area (Å²) in [6.45, 7) is 0. The number of nitrogens with one attached hydrogen (secondary N) is 2. The predicted molar refractivity (Wildman–Crippen MR) is 54.2 cm³/mol. The minimum absolute atomic E-state index is 0.0741. The molecule has 0 atom stereocenters. The van der Waals surface area contributed by atoms with Gasteiger partial charge >= 0.3 is 0 Å². The summed E-state index contributed by atoms with van der Waals surface area (Å²) in [5.41, 5.74) is 4.19. The van der Waals surface area contributed by atoms with Crippen LogP contribution >= 0.6 is 0 Å². The molecule has 2 aromatic heterocycles. The first kappa shape index (κ1) is 10.7. The quantitative estimate of drug-likeness (QED) is 0.605. The van der Waals surface area contributed by atoms with Crippen LogP contribution in [0.2, 0.25) is 0 Å². The molecular formula is C9H10N4O2. The Morgan fingerprint density at radius 2 is 2.00 bits per heavy atom. The van der Waals surface area contributed by atoms with Gasteiger partial charge in [-0.3, -0.25) is 9.59 Å². The van der Waals surface area contributed by atoms with E-state index in [9.17, 15) is 9.59 Å². The van der Waals surface area contributed by atoms with Crippen LogP contribution in [0.1, 0.15) is 10.4 Å². The maximum atomic E-state index is 10.6. The van der Waals surface area contributed by atoms with Crippen molar-refractivity contribution in [1.29, 1.82) is 0 Å². The largest absolute Gasteiger partial charge is 0.368 e. The summed E-state index contributed by atoms with van der Waals surface area (Å²) in [6, 6.07) is 5.15. The topological polar surface area (TPSA) is 105 Å². The van der Waals surface area contributed by atoms with Gasteiger partial charge in [-0.25, -0.2) is 5.10 Å². The molecule has 2 aromatic rings. The van der Waals surface area contributed by atoms with Gasteiger partial charge in [0.05, 0.1) is 0 Å². The summed E-state index contributed by atoms with van der Waals surface area (Å²) < 4.78 is 0. The SMILES string of the molecule is NC(=O)c1ccn[nH]c1=O.c1cc[nH]c1. The average molecular weight is 206 g/mol. The Labute approximate surface area is 85.1 Å². The lowest BCUT2D eigenvalue weighted by Gasteiger charge is -1.88. The van der Waals surface area contributed by atoms with Crippen LogP contribution in [0, 0.1) is 0 Å². The molecular weight excluding hydrogens is 196 g/mol. The molecule has 4 N–H and O–H groups in total. The number of nitrogens with zero attached hydrogens (tertiary/aromatic N) is 1. The fourth-order valence-electron chi connectivity index (χ4n) is 0.815. The zero-order valence-corrected chi connectivity index (χ0v) is 7.81. The van der Waals surface area contributed by atoms with Crippen LogP contribution in [-0.2, 0) is 0 Å². The van der Waals surface area contributed by atoms with Crippen molar-refractivity contribution < 1.29 is 4.79 Å². The minimum Gasteiger partial charge on any atom is -0.368 e. The first-order chi connectivity index (χ1) is 7.22. The van der Waals surface area contributed by atoms with E-state index in [0.29, 0.717) is 0 Å². The Morgan fingerprint density at radius 1 is 1.33 bits per heavy atom. The maximum absolute atomic E-state index is 10.6. The van der Waals surface area contributed by atoms with Crippen molar-refractivity contribution in [3.8, 4) is 0 Å². The van der Waals surface area contributed by atoms with Gasteiger partial charge in [-0.05, 0) is 18.2 Å². The molecule has 0 unspecified atom stereocenters. The lowest BCUT2D eigenvalue weighted by atomic mass is 10.3. The number of hydrogen-bond acceptors (Lipinski definition) is 3. The van der Waals surface area contributed by atoms with Gasteiger partial charge in [0, 0.05) is 18.6 Å². The summed E-state index contributed by atoms with van der Waals surface area (Å²) in [4.78, 5) is 23.9. The van der Waals surface area contributed by atoms with E-state index in [2.05, 4.69) is 15.2 Å². The Morgan fingerprint density at radius 3 is 2.33 bits per heavy atom. The number of rotatable bonds is 1. The third-order valence-electron chi connectivity index (χ3n) is 1.49. The molecule has 0 aliphatic rings. The van der Waals surface area contributed by atoms with E-state index >= 15 is 0 Å². The van der Waals surface area contributed by atoms with E-state index in [0.717, 1.165) is 0 Å². The van der Waals surface area contributed by atoms with E-state index in [1.165, 1.54) is 12.3 Å². The van der Waals surface area contributed by atoms with Gasteiger partial charge < -0.3 is 10.7 Å². The van der Waals surface area contributed by atoms with Crippen molar-refractivity contribution in [2.75, 3.05) is 0 Å². The Bertz CT molecular complexity index is 444. The number of aromatic nitrogens is 3. The highest BCUT2D eigenvalue weighted by Gasteiger charge is 2.02. The normalized spacial score (nSPS) is 8.80. The van der Waals surface area contributed by atoms with Gasteiger partial charge in [0.25, 0.3) is 11.5 Å². The van der Waals surface area contributed by atoms with Gasteiger partial charge in [0.2, 0.25) is 0 Å². The summed E-state index contributed by atoms with van der Waals surface area (Å²) in [5, 5.41) is 5.46. The zero-order valence-electron chi connectivity index (χ0n) is 7.81. The average Bonchev–Trinajstić information content (AvgIpc) is 2.75. The Kier molecular flexibility index (Phi) is 3.84. The molecule has 0 bridgehead atoms. The fraction of sp³-hybridized carbons (Fsp3) is 0. The van der Waals surface area contributed by atoms with Gasteiger partial charge in [0.15, 0.2) is 0 Å². The number of aromatic amines is 2. The predicted octanol–water partition coefficient (Wildman–Crippen LogP) is -0.117. The monoisotopic (exact) mass is 206 g/mol. The fourth-order valence-corrected chi connectivity index (χ4v) is 0.815. The second kappa shape index (κ2) is 5.38. The van der Waals surface area contributed by atoms with Gasteiger partial charge in [-0.1, -0.05) is 0 Å². The zero-order chi connectivity index (χ0) is 11.1. The molecule has 0 saturated carbocycles. The van der Waals surface area contributed by atoms with Gasteiger partial charge in [-0.15, -0.1) is 0 Å².